The minimum Gasteiger partial charge on any atom is -0.371 e. The Balaban J connectivity index is 1.66. The van der Waals surface area contributed by atoms with E-state index in [1.807, 2.05) is 6.07 Å². The minimum atomic E-state index is 0.697. The van der Waals surface area contributed by atoms with Crippen LogP contribution in [0.1, 0.15) is 37.7 Å². The average molecular weight is 203 g/mol. The van der Waals surface area contributed by atoms with Gasteiger partial charge in [-0.15, -0.1) is 0 Å². The van der Waals surface area contributed by atoms with E-state index in [1.54, 1.807) is 0 Å². The van der Waals surface area contributed by atoms with Crippen molar-refractivity contribution in [1.82, 2.24) is 0 Å². The topological polar surface area (TPSA) is 9.23 Å². The number of hydrogen-bond acceptors (Lipinski definition) is 1. The van der Waals surface area contributed by atoms with Gasteiger partial charge in [-0.05, 0) is 24.3 Å². The van der Waals surface area contributed by atoms with Gasteiger partial charge >= 0.3 is 0 Å². The Morgan fingerprint density at radius 3 is 2.53 bits per heavy atom. The fourth-order valence-corrected chi connectivity index (χ4v) is 2.12. The highest BCUT2D eigenvalue weighted by atomic mass is 16.5. The Labute approximate surface area is 92.5 Å². The van der Waals surface area contributed by atoms with Crippen LogP contribution in [-0.2, 0) is 11.3 Å². The van der Waals surface area contributed by atoms with Gasteiger partial charge in [0.15, 0.2) is 0 Å². The summed E-state index contributed by atoms with van der Waals surface area (Å²) >= 11 is 0. The van der Waals surface area contributed by atoms with Gasteiger partial charge in [0, 0.05) is 0 Å². The monoisotopic (exact) mass is 203 g/mol. The second-order valence-corrected chi connectivity index (χ2v) is 4.33. The number of ether oxygens (including phenoxy) is 1. The molecular formula is C14H19O. The van der Waals surface area contributed by atoms with Crippen molar-refractivity contribution in [2.45, 2.75) is 38.7 Å². The third-order valence-corrected chi connectivity index (χ3v) is 3.03. The molecule has 0 amide bonds. The molecule has 1 fully saturated rings. The van der Waals surface area contributed by atoms with Crippen molar-refractivity contribution in [3.63, 3.8) is 0 Å². The summed E-state index contributed by atoms with van der Waals surface area (Å²) in [5.74, 6) is 0.697. The standard InChI is InChI=1S/C14H19O/c1-3-7-13(8-4-1)11-15-12-14-9-5-2-6-10-14/h1,3-4,7-8,12,14H,2,5-6,9-11H2. The molecule has 1 radical (unpaired) electrons. The molecule has 0 unspecified atom stereocenters. The van der Waals surface area contributed by atoms with E-state index in [2.05, 4.69) is 30.9 Å². The van der Waals surface area contributed by atoms with E-state index in [0.29, 0.717) is 5.92 Å². The molecule has 81 valence electrons. The van der Waals surface area contributed by atoms with Crippen molar-refractivity contribution in [2.24, 2.45) is 5.92 Å². The zero-order valence-electron chi connectivity index (χ0n) is 9.19. The molecule has 1 aromatic carbocycles. The lowest BCUT2D eigenvalue weighted by molar-refractivity contribution is 0.137. The number of benzene rings is 1. The van der Waals surface area contributed by atoms with E-state index in [-0.39, 0.29) is 0 Å². The smallest absolute Gasteiger partial charge is 0.0872 e. The lowest BCUT2D eigenvalue weighted by Gasteiger charge is -2.20. The van der Waals surface area contributed by atoms with Gasteiger partial charge in [0.05, 0.1) is 13.2 Å². The summed E-state index contributed by atoms with van der Waals surface area (Å²) in [4.78, 5) is 0. The van der Waals surface area contributed by atoms with Crippen LogP contribution in [0.5, 0.6) is 0 Å². The van der Waals surface area contributed by atoms with Crippen LogP contribution in [0.25, 0.3) is 0 Å². The number of rotatable bonds is 4. The lowest BCUT2D eigenvalue weighted by atomic mass is 9.90. The van der Waals surface area contributed by atoms with Gasteiger partial charge in [0.1, 0.15) is 0 Å². The molecule has 0 aliphatic heterocycles. The van der Waals surface area contributed by atoms with Gasteiger partial charge < -0.3 is 4.74 Å². The minimum absolute atomic E-state index is 0.697. The molecule has 2 rings (SSSR count). The van der Waals surface area contributed by atoms with E-state index in [1.165, 1.54) is 37.7 Å². The first-order valence-electron chi connectivity index (χ1n) is 5.94. The fourth-order valence-electron chi connectivity index (χ4n) is 2.12. The molecule has 1 aromatic rings. The molecule has 1 saturated carbocycles. The molecule has 1 heteroatoms. The van der Waals surface area contributed by atoms with Crippen LogP contribution >= 0.6 is 0 Å². The van der Waals surface area contributed by atoms with Gasteiger partial charge in [0.2, 0.25) is 0 Å². The van der Waals surface area contributed by atoms with Crippen LogP contribution in [-0.4, -0.2) is 0 Å². The first kappa shape index (κ1) is 10.7. The van der Waals surface area contributed by atoms with Gasteiger partial charge in [-0.25, -0.2) is 0 Å². The van der Waals surface area contributed by atoms with Crippen LogP contribution in [0, 0.1) is 12.5 Å². The molecule has 0 spiro atoms. The van der Waals surface area contributed by atoms with Crippen molar-refractivity contribution in [2.75, 3.05) is 0 Å². The molecule has 0 N–H and O–H groups in total. The Morgan fingerprint density at radius 2 is 1.80 bits per heavy atom. The molecule has 0 heterocycles. The van der Waals surface area contributed by atoms with Crippen LogP contribution < -0.4 is 0 Å². The van der Waals surface area contributed by atoms with Gasteiger partial charge in [-0.3, -0.25) is 0 Å². The van der Waals surface area contributed by atoms with Crippen molar-refractivity contribution < 1.29 is 4.74 Å². The summed E-state index contributed by atoms with van der Waals surface area (Å²) in [5.41, 5.74) is 1.25. The Kier molecular flexibility index (Phi) is 4.22. The van der Waals surface area contributed by atoms with Crippen molar-refractivity contribution in [1.29, 1.82) is 0 Å². The quantitative estimate of drug-likeness (QED) is 0.720. The highest BCUT2D eigenvalue weighted by molar-refractivity contribution is 5.13. The Bertz CT molecular complexity index is 262. The van der Waals surface area contributed by atoms with E-state index in [0.717, 1.165) is 6.61 Å². The van der Waals surface area contributed by atoms with Crippen LogP contribution in [0.3, 0.4) is 0 Å². The lowest BCUT2D eigenvalue weighted by Crippen LogP contribution is -2.08. The SMILES string of the molecule is [CH](OCc1ccccc1)C1CCCCC1. The first-order valence-corrected chi connectivity index (χ1v) is 5.94. The molecule has 0 bridgehead atoms. The average Bonchev–Trinajstić information content (AvgIpc) is 2.32. The summed E-state index contributed by atoms with van der Waals surface area (Å²) in [6.07, 6.45) is 6.78. The van der Waals surface area contributed by atoms with Crippen molar-refractivity contribution in [3.8, 4) is 0 Å². The van der Waals surface area contributed by atoms with E-state index in [9.17, 15) is 0 Å². The second-order valence-electron chi connectivity index (χ2n) is 4.33. The second kappa shape index (κ2) is 5.92. The molecule has 0 aromatic heterocycles. The Morgan fingerprint density at radius 1 is 1.07 bits per heavy atom. The molecule has 15 heavy (non-hydrogen) atoms. The summed E-state index contributed by atoms with van der Waals surface area (Å²) in [7, 11) is 0. The van der Waals surface area contributed by atoms with Gasteiger partial charge in [0.25, 0.3) is 0 Å². The van der Waals surface area contributed by atoms with Crippen LogP contribution in [0.15, 0.2) is 30.3 Å². The van der Waals surface area contributed by atoms with Gasteiger partial charge in [-0.2, -0.15) is 0 Å². The number of hydrogen-bond donors (Lipinski definition) is 0. The summed E-state index contributed by atoms with van der Waals surface area (Å²) in [6, 6.07) is 10.4. The summed E-state index contributed by atoms with van der Waals surface area (Å²) in [6.45, 7) is 2.78. The van der Waals surface area contributed by atoms with Crippen LogP contribution in [0.2, 0.25) is 0 Å². The van der Waals surface area contributed by atoms with Gasteiger partial charge in [-0.1, -0.05) is 49.6 Å². The largest absolute Gasteiger partial charge is 0.371 e. The first-order chi connectivity index (χ1) is 7.45. The maximum Gasteiger partial charge on any atom is 0.0872 e. The maximum absolute atomic E-state index is 5.63. The molecule has 1 aliphatic rings. The normalized spacial score (nSPS) is 17.9. The van der Waals surface area contributed by atoms with E-state index < -0.39 is 0 Å². The molecule has 1 aliphatic carbocycles. The molecule has 1 nitrogen and oxygen atoms in total. The van der Waals surface area contributed by atoms with Crippen molar-refractivity contribution in [3.05, 3.63) is 42.5 Å². The third kappa shape index (κ3) is 3.67. The van der Waals surface area contributed by atoms with Crippen molar-refractivity contribution >= 4 is 0 Å². The molecule has 0 atom stereocenters. The highest BCUT2D eigenvalue weighted by Crippen LogP contribution is 2.26. The van der Waals surface area contributed by atoms with E-state index in [4.69, 9.17) is 4.74 Å². The zero-order chi connectivity index (χ0) is 10.3. The molecule has 0 saturated heterocycles. The Hall–Kier alpha value is -0.820. The maximum atomic E-state index is 5.63. The zero-order valence-corrected chi connectivity index (χ0v) is 9.19. The van der Waals surface area contributed by atoms with Crippen LogP contribution in [0.4, 0.5) is 0 Å². The summed E-state index contributed by atoms with van der Waals surface area (Å²) < 4.78 is 5.63. The third-order valence-electron chi connectivity index (χ3n) is 3.03. The molecular weight excluding hydrogens is 184 g/mol. The predicted molar refractivity (Wildman–Crippen MR) is 62.1 cm³/mol. The highest BCUT2D eigenvalue weighted by Gasteiger charge is 2.13. The predicted octanol–water partition coefficient (Wildman–Crippen LogP) is 3.95. The summed E-state index contributed by atoms with van der Waals surface area (Å²) in [5, 5.41) is 0. The van der Waals surface area contributed by atoms with E-state index >= 15 is 0 Å². The fraction of sp³-hybridized carbons (Fsp3) is 0.500.